The quantitative estimate of drug-likeness (QED) is 0.139. The highest BCUT2D eigenvalue weighted by molar-refractivity contribution is 14.0. The Labute approximate surface area is 210 Å². The molecule has 1 aliphatic carbocycles. The van der Waals surface area contributed by atoms with Crippen molar-refractivity contribution in [3.63, 3.8) is 0 Å². The summed E-state index contributed by atoms with van der Waals surface area (Å²) >= 11 is 0. The van der Waals surface area contributed by atoms with Crippen molar-refractivity contribution in [2.45, 2.75) is 96.2 Å². The Kier molecular flexibility index (Phi) is 11.0. The zero-order valence-electron chi connectivity index (χ0n) is 20.1. The summed E-state index contributed by atoms with van der Waals surface area (Å²) in [5, 5.41) is 9.79. The Morgan fingerprint density at radius 3 is 2.56 bits per heavy atom. The number of guanidine groups is 1. The number of amides is 3. The summed E-state index contributed by atoms with van der Waals surface area (Å²) in [5.41, 5.74) is -0.762. The molecule has 184 valence electrons. The SMILES string of the molecule is CCNC(=NCCCN1C(=O)NC(C)(CC)C1=O)NC1CCCN(C2CCCCC2)C1.I. The van der Waals surface area contributed by atoms with Gasteiger partial charge >= 0.3 is 6.03 Å². The fourth-order valence-electron chi connectivity index (χ4n) is 5.02. The molecule has 9 heteroatoms. The molecular formula is C23H43IN6O2. The van der Waals surface area contributed by atoms with E-state index in [4.69, 9.17) is 4.99 Å². The van der Waals surface area contributed by atoms with Crippen LogP contribution in [0.1, 0.15) is 78.6 Å². The molecule has 0 aromatic heterocycles. The number of likely N-dealkylation sites (tertiary alicyclic amines) is 1. The van der Waals surface area contributed by atoms with Gasteiger partial charge in [0.05, 0.1) is 0 Å². The van der Waals surface area contributed by atoms with Crippen LogP contribution < -0.4 is 16.0 Å². The summed E-state index contributed by atoms with van der Waals surface area (Å²) in [4.78, 5) is 33.4. The molecule has 3 aliphatic rings. The van der Waals surface area contributed by atoms with Gasteiger partial charge in [-0.15, -0.1) is 24.0 Å². The van der Waals surface area contributed by atoms with Crippen LogP contribution in [0.3, 0.4) is 0 Å². The Balaban J connectivity index is 0.00000363. The maximum Gasteiger partial charge on any atom is 0.325 e. The third kappa shape index (κ3) is 6.95. The first-order valence-electron chi connectivity index (χ1n) is 12.4. The first-order valence-corrected chi connectivity index (χ1v) is 12.4. The van der Waals surface area contributed by atoms with E-state index in [9.17, 15) is 9.59 Å². The predicted octanol–water partition coefficient (Wildman–Crippen LogP) is 3.07. The number of hydrogen-bond donors (Lipinski definition) is 3. The van der Waals surface area contributed by atoms with Crippen molar-refractivity contribution < 1.29 is 9.59 Å². The van der Waals surface area contributed by atoms with Gasteiger partial charge in [0.25, 0.3) is 5.91 Å². The van der Waals surface area contributed by atoms with Crippen molar-refractivity contribution in [2.24, 2.45) is 4.99 Å². The molecule has 2 aliphatic heterocycles. The highest BCUT2D eigenvalue weighted by Crippen LogP contribution is 2.25. The predicted molar refractivity (Wildman–Crippen MR) is 140 cm³/mol. The fourth-order valence-corrected chi connectivity index (χ4v) is 5.02. The maximum atomic E-state index is 12.5. The lowest BCUT2D eigenvalue weighted by Crippen LogP contribution is -2.53. The molecule has 0 radical (unpaired) electrons. The molecule has 0 aromatic carbocycles. The third-order valence-corrected chi connectivity index (χ3v) is 7.09. The van der Waals surface area contributed by atoms with E-state index in [0.717, 1.165) is 25.1 Å². The molecule has 32 heavy (non-hydrogen) atoms. The van der Waals surface area contributed by atoms with E-state index in [0.29, 0.717) is 32.0 Å². The maximum absolute atomic E-state index is 12.5. The summed E-state index contributed by atoms with van der Waals surface area (Å²) in [5.74, 6) is 0.715. The molecule has 2 unspecified atom stereocenters. The largest absolute Gasteiger partial charge is 0.357 e. The van der Waals surface area contributed by atoms with Crippen molar-refractivity contribution in [1.29, 1.82) is 0 Å². The van der Waals surface area contributed by atoms with Crippen LogP contribution >= 0.6 is 24.0 Å². The van der Waals surface area contributed by atoms with Crippen molar-refractivity contribution >= 4 is 41.9 Å². The number of nitrogens with one attached hydrogen (secondary N) is 3. The smallest absolute Gasteiger partial charge is 0.325 e. The van der Waals surface area contributed by atoms with Crippen LogP contribution in [0, 0.1) is 0 Å². The zero-order valence-corrected chi connectivity index (χ0v) is 22.5. The first kappa shape index (κ1) is 27.1. The summed E-state index contributed by atoms with van der Waals surface area (Å²) in [6.07, 6.45) is 10.5. The number of piperidine rings is 1. The van der Waals surface area contributed by atoms with Crippen molar-refractivity contribution in [3.8, 4) is 0 Å². The Morgan fingerprint density at radius 2 is 1.91 bits per heavy atom. The van der Waals surface area contributed by atoms with Crippen LogP contribution in [0.25, 0.3) is 0 Å². The average molecular weight is 563 g/mol. The second kappa shape index (κ2) is 13.0. The lowest BCUT2D eigenvalue weighted by molar-refractivity contribution is -0.130. The number of carbonyl (C=O) groups is 2. The molecular weight excluding hydrogens is 519 g/mol. The van der Waals surface area contributed by atoms with Crippen LogP contribution in [0.15, 0.2) is 4.99 Å². The Bertz CT molecular complexity index is 654. The number of imide groups is 1. The van der Waals surface area contributed by atoms with E-state index in [1.165, 1.54) is 56.4 Å². The number of carbonyl (C=O) groups excluding carboxylic acids is 2. The summed E-state index contributed by atoms with van der Waals surface area (Å²) in [6, 6.07) is 0.897. The van der Waals surface area contributed by atoms with Crippen molar-refractivity contribution in [1.82, 2.24) is 25.8 Å². The number of aliphatic imine (C=N–C) groups is 1. The second-order valence-corrected chi connectivity index (χ2v) is 9.46. The van der Waals surface area contributed by atoms with Crippen molar-refractivity contribution in [2.75, 3.05) is 32.7 Å². The van der Waals surface area contributed by atoms with Gasteiger partial charge in [-0.05, 0) is 58.9 Å². The first-order chi connectivity index (χ1) is 15.0. The van der Waals surface area contributed by atoms with E-state index in [1.54, 1.807) is 6.92 Å². The molecule has 0 spiro atoms. The van der Waals surface area contributed by atoms with Gasteiger partial charge < -0.3 is 16.0 Å². The minimum absolute atomic E-state index is 0. The number of nitrogens with zero attached hydrogens (tertiary/aromatic N) is 3. The van der Waals surface area contributed by atoms with Gasteiger partial charge in [0, 0.05) is 38.3 Å². The third-order valence-electron chi connectivity index (χ3n) is 7.09. The lowest BCUT2D eigenvalue weighted by atomic mass is 9.92. The molecule has 3 rings (SSSR count). The molecule has 1 saturated carbocycles. The molecule has 3 amide bonds. The minimum atomic E-state index is -0.762. The molecule has 2 heterocycles. The zero-order chi connectivity index (χ0) is 22.3. The van der Waals surface area contributed by atoms with Gasteiger partial charge in [0.1, 0.15) is 5.54 Å². The van der Waals surface area contributed by atoms with Crippen molar-refractivity contribution in [3.05, 3.63) is 0 Å². The standard InChI is InChI=1S/C23H42N6O2.HI/c1-4-23(3)20(30)29(22(31)27-23)16-10-14-25-21(24-5-2)26-18-11-9-15-28(17-18)19-12-7-6-8-13-19;/h18-19H,4-17H2,1-3H3,(H,27,31)(H2,24,25,26);1H. The molecule has 2 atom stereocenters. The van der Waals surface area contributed by atoms with E-state index < -0.39 is 5.54 Å². The molecule has 8 nitrogen and oxygen atoms in total. The van der Waals surface area contributed by atoms with Crippen LogP contribution in [-0.4, -0.2) is 78.0 Å². The number of hydrogen-bond acceptors (Lipinski definition) is 4. The second-order valence-electron chi connectivity index (χ2n) is 9.46. The molecule has 3 fully saturated rings. The Morgan fingerprint density at radius 1 is 1.16 bits per heavy atom. The van der Waals surface area contributed by atoms with Gasteiger partial charge in [-0.1, -0.05) is 26.2 Å². The van der Waals surface area contributed by atoms with Crippen LogP contribution in [-0.2, 0) is 4.79 Å². The molecule has 3 N–H and O–H groups in total. The topological polar surface area (TPSA) is 89.1 Å². The van der Waals surface area contributed by atoms with Gasteiger partial charge in [-0.2, -0.15) is 0 Å². The van der Waals surface area contributed by atoms with Crippen LogP contribution in [0.4, 0.5) is 4.79 Å². The fraction of sp³-hybridized carbons (Fsp3) is 0.870. The van der Waals surface area contributed by atoms with Crippen LogP contribution in [0.5, 0.6) is 0 Å². The summed E-state index contributed by atoms with van der Waals surface area (Å²) < 4.78 is 0. The monoisotopic (exact) mass is 562 g/mol. The van der Waals surface area contributed by atoms with E-state index in [1.807, 2.05) is 6.92 Å². The van der Waals surface area contributed by atoms with E-state index in [-0.39, 0.29) is 35.9 Å². The number of urea groups is 1. The normalized spacial score (nSPS) is 27.8. The van der Waals surface area contributed by atoms with E-state index in [2.05, 4.69) is 27.8 Å². The highest BCUT2D eigenvalue weighted by atomic mass is 127. The van der Waals surface area contributed by atoms with Gasteiger partial charge in [-0.3, -0.25) is 19.6 Å². The number of rotatable bonds is 8. The molecule has 2 saturated heterocycles. The number of halogens is 1. The van der Waals surface area contributed by atoms with Gasteiger partial charge in [0.15, 0.2) is 5.96 Å². The molecule has 0 bridgehead atoms. The summed E-state index contributed by atoms with van der Waals surface area (Å²) in [7, 11) is 0. The Hall–Kier alpha value is -1.10. The highest BCUT2D eigenvalue weighted by Gasteiger charge is 2.45. The van der Waals surface area contributed by atoms with Gasteiger partial charge in [0.2, 0.25) is 0 Å². The molecule has 0 aromatic rings. The van der Waals surface area contributed by atoms with Gasteiger partial charge in [-0.25, -0.2) is 4.79 Å². The minimum Gasteiger partial charge on any atom is -0.357 e. The van der Waals surface area contributed by atoms with Crippen LogP contribution in [0.2, 0.25) is 0 Å². The summed E-state index contributed by atoms with van der Waals surface area (Å²) in [6.45, 7) is 9.89. The average Bonchev–Trinajstić information content (AvgIpc) is 3.00. The van der Waals surface area contributed by atoms with E-state index >= 15 is 0 Å². The lowest BCUT2D eigenvalue weighted by Gasteiger charge is -2.40.